The van der Waals surface area contributed by atoms with E-state index in [1.807, 2.05) is 30.3 Å². The average molecular weight is 438 g/mol. The molecule has 4 rings (SSSR count). The zero-order valence-electron chi connectivity index (χ0n) is 15.5. The van der Waals surface area contributed by atoms with Gasteiger partial charge in [-0.1, -0.05) is 35.9 Å². The van der Waals surface area contributed by atoms with Gasteiger partial charge in [0, 0.05) is 28.4 Å². The smallest absolute Gasteiger partial charge is 0.255 e. The summed E-state index contributed by atoms with van der Waals surface area (Å²) in [6.45, 7) is 0. The fourth-order valence-electron chi connectivity index (χ4n) is 3.12. The average Bonchev–Trinajstić information content (AvgIpc) is 2.74. The molecule has 0 unspecified atom stereocenters. The molecule has 0 aliphatic carbocycles. The van der Waals surface area contributed by atoms with Crippen LogP contribution < -0.4 is 10.5 Å². The molecule has 0 saturated heterocycles. The van der Waals surface area contributed by atoms with Crippen LogP contribution in [0.3, 0.4) is 0 Å². The maximum absolute atomic E-state index is 12.6. The summed E-state index contributed by atoms with van der Waals surface area (Å²) in [7, 11) is -3.82. The summed E-state index contributed by atoms with van der Waals surface area (Å²) >= 11 is 6.42. The molecule has 0 aliphatic heterocycles. The van der Waals surface area contributed by atoms with Gasteiger partial charge in [0.1, 0.15) is 0 Å². The number of carbonyl (C=O) groups excluding carboxylic acids is 1. The minimum Gasteiger partial charge on any atom is -0.322 e. The van der Waals surface area contributed by atoms with Crippen molar-refractivity contribution in [3.63, 3.8) is 0 Å². The summed E-state index contributed by atoms with van der Waals surface area (Å²) in [6, 6.07) is 20.3. The standard InChI is InChI=1S/C22H16ClN3O3S/c23-20-10-7-16(26-22(27)15-5-8-17(9-6-15)30(24,28)29)13-19(20)21-18-4-2-1-3-14(18)11-12-25-21/h1-13H,(H,26,27)(H2,24,28,29). The van der Waals surface area contributed by atoms with Crippen molar-refractivity contribution >= 4 is 44.0 Å². The van der Waals surface area contributed by atoms with Crippen molar-refractivity contribution in [2.45, 2.75) is 4.90 Å². The van der Waals surface area contributed by atoms with E-state index in [9.17, 15) is 13.2 Å². The highest BCUT2D eigenvalue weighted by Gasteiger charge is 2.13. The fraction of sp³-hybridized carbons (Fsp3) is 0. The molecule has 0 atom stereocenters. The maximum atomic E-state index is 12.6. The Morgan fingerprint density at radius 1 is 0.967 bits per heavy atom. The van der Waals surface area contributed by atoms with Crippen molar-refractivity contribution < 1.29 is 13.2 Å². The minimum absolute atomic E-state index is 0.0603. The molecule has 0 aliphatic rings. The van der Waals surface area contributed by atoms with Gasteiger partial charge in [-0.25, -0.2) is 13.6 Å². The first kappa shape index (κ1) is 20.0. The zero-order chi connectivity index (χ0) is 21.3. The molecule has 0 bridgehead atoms. The van der Waals surface area contributed by atoms with E-state index in [1.54, 1.807) is 24.4 Å². The van der Waals surface area contributed by atoms with Crippen LogP contribution in [0.15, 0.2) is 83.9 Å². The number of anilines is 1. The van der Waals surface area contributed by atoms with Crippen molar-refractivity contribution in [1.29, 1.82) is 0 Å². The van der Waals surface area contributed by atoms with Crippen LogP contribution in [0, 0.1) is 0 Å². The van der Waals surface area contributed by atoms with Gasteiger partial charge >= 0.3 is 0 Å². The summed E-state index contributed by atoms with van der Waals surface area (Å²) in [5.74, 6) is -0.393. The van der Waals surface area contributed by atoms with Crippen molar-refractivity contribution in [3.05, 3.63) is 89.6 Å². The molecule has 6 nitrogen and oxygen atoms in total. The van der Waals surface area contributed by atoms with E-state index in [4.69, 9.17) is 16.7 Å². The topological polar surface area (TPSA) is 102 Å². The Hall–Kier alpha value is -3.26. The van der Waals surface area contributed by atoms with E-state index in [0.717, 1.165) is 10.8 Å². The normalized spacial score (nSPS) is 11.4. The number of aromatic nitrogens is 1. The van der Waals surface area contributed by atoms with E-state index in [0.29, 0.717) is 27.5 Å². The lowest BCUT2D eigenvalue weighted by molar-refractivity contribution is 0.102. The van der Waals surface area contributed by atoms with E-state index < -0.39 is 15.9 Å². The molecular weight excluding hydrogens is 422 g/mol. The van der Waals surface area contributed by atoms with Crippen LogP contribution in [0.4, 0.5) is 5.69 Å². The fourth-order valence-corrected chi connectivity index (χ4v) is 3.84. The van der Waals surface area contributed by atoms with Gasteiger partial charge in [-0.3, -0.25) is 9.78 Å². The Labute approximate surface area is 178 Å². The van der Waals surface area contributed by atoms with Crippen molar-refractivity contribution in [3.8, 4) is 11.3 Å². The molecule has 4 aromatic rings. The number of halogens is 1. The predicted octanol–water partition coefficient (Wildman–Crippen LogP) is 4.45. The summed E-state index contributed by atoms with van der Waals surface area (Å²) in [5.41, 5.74) is 2.23. The molecule has 3 aromatic carbocycles. The van der Waals surface area contributed by atoms with E-state index in [-0.39, 0.29) is 4.90 Å². The van der Waals surface area contributed by atoms with Gasteiger partial charge in [-0.05, 0) is 53.9 Å². The lowest BCUT2D eigenvalue weighted by Crippen LogP contribution is -2.14. The van der Waals surface area contributed by atoms with Crippen LogP contribution in [0.2, 0.25) is 5.02 Å². The number of nitrogens with one attached hydrogen (secondary N) is 1. The quantitative estimate of drug-likeness (QED) is 0.492. The van der Waals surface area contributed by atoms with Gasteiger partial charge in [0.05, 0.1) is 15.6 Å². The SMILES string of the molecule is NS(=O)(=O)c1ccc(C(=O)Nc2ccc(Cl)c(-c3nccc4ccccc34)c2)cc1. The maximum Gasteiger partial charge on any atom is 0.255 e. The molecule has 3 N–H and O–H groups in total. The number of benzene rings is 3. The minimum atomic E-state index is -3.82. The van der Waals surface area contributed by atoms with Gasteiger partial charge < -0.3 is 5.32 Å². The number of carbonyl (C=O) groups is 1. The van der Waals surface area contributed by atoms with E-state index in [2.05, 4.69) is 10.3 Å². The Balaban J connectivity index is 1.66. The molecule has 1 heterocycles. The largest absolute Gasteiger partial charge is 0.322 e. The number of rotatable bonds is 4. The lowest BCUT2D eigenvalue weighted by atomic mass is 10.0. The number of pyridine rings is 1. The molecule has 0 spiro atoms. The molecule has 8 heteroatoms. The Morgan fingerprint density at radius 3 is 2.43 bits per heavy atom. The second-order valence-corrected chi connectivity index (χ2v) is 8.57. The summed E-state index contributed by atoms with van der Waals surface area (Å²) < 4.78 is 22.7. The highest BCUT2D eigenvalue weighted by atomic mass is 35.5. The van der Waals surface area contributed by atoms with Gasteiger partial charge in [-0.2, -0.15) is 0 Å². The van der Waals surface area contributed by atoms with Gasteiger partial charge in [0.25, 0.3) is 5.91 Å². The molecule has 150 valence electrons. The second kappa shape index (κ2) is 7.87. The van der Waals surface area contributed by atoms with Gasteiger partial charge in [-0.15, -0.1) is 0 Å². The summed E-state index contributed by atoms with van der Waals surface area (Å²) in [5, 5.41) is 10.4. The third-order valence-electron chi connectivity index (χ3n) is 4.60. The first-order chi connectivity index (χ1) is 14.3. The van der Waals surface area contributed by atoms with Crippen LogP contribution in [-0.4, -0.2) is 19.3 Å². The van der Waals surface area contributed by atoms with E-state index in [1.165, 1.54) is 24.3 Å². The molecule has 0 fully saturated rings. The molecule has 0 radical (unpaired) electrons. The molecule has 1 aromatic heterocycles. The number of hydrogen-bond acceptors (Lipinski definition) is 4. The molecule has 0 saturated carbocycles. The third-order valence-corrected chi connectivity index (χ3v) is 5.86. The summed E-state index contributed by atoms with van der Waals surface area (Å²) in [4.78, 5) is 17.0. The number of hydrogen-bond donors (Lipinski definition) is 2. The van der Waals surface area contributed by atoms with Crippen LogP contribution in [-0.2, 0) is 10.0 Å². The number of primary sulfonamides is 1. The highest BCUT2D eigenvalue weighted by molar-refractivity contribution is 7.89. The van der Waals surface area contributed by atoms with Crippen molar-refractivity contribution in [2.75, 3.05) is 5.32 Å². The van der Waals surface area contributed by atoms with Crippen LogP contribution in [0.1, 0.15) is 10.4 Å². The first-order valence-corrected chi connectivity index (χ1v) is 10.8. The zero-order valence-corrected chi connectivity index (χ0v) is 17.1. The highest BCUT2D eigenvalue weighted by Crippen LogP contribution is 2.33. The third kappa shape index (κ3) is 4.04. The second-order valence-electron chi connectivity index (χ2n) is 6.60. The van der Waals surface area contributed by atoms with E-state index >= 15 is 0 Å². The monoisotopic (exact) mass is 437 g/mol. The number of nitrogens with two attached hydrogens (primary N) is 1. The number of sulfonamides is 1. The van der Waals surface area contributed by atoms with Crippen LogP contribution in [0.5, 0.6) is 0 Å². The first-order valence-electron chi connectivity index (χ1n) is 8.91. The molecule has 30 heavy (non-hydrogen) atoms. The number of fused-ring (bicyclic) bond motifs is 1. The van der Waals surface area contributed by atoms with Gasteiger partial charge in [0.2, 0.25) is 10.0 Å². The Bertz CT molecular complexity index is 1370. The van der Waals surface area contributed by atoms with Crippen LogP contribution >= 0.6 is 11.6 Å². The summed E-state index contributed by atoms with van der Waals surface area (Å²) in [6.07, 6.45) is 1.71. The number of nitrogens with zero attached hydrogens (tertiary/aromatic N) is 1. The molecule has 1 amide bonds. The van der Waals surface area contributed by atoms with Crippen molar-refractivity contribution in [1.82, 2.24) is 4.98 Å². The van der Waals surface area contributed by atoms with Crippen molar-refractivity contribution in [2.24, 2.45) is 5.14 Å². The Morgan fingerprint density at radius 2 is 1.70 bits per heavy atom. The molecular formula is C22H16ClN3O3S. The van der Waals surface area contributed by atoms with Crippen LogP contribution in [0.25, 0.3) is 22.0 Å². The Kier molecular flexibility index (Phi) is 5.26. The number of amides is 1. The lowest BCUT2D eigenvalue weighted by Gasteiger charge is -2.11. The van der Waals surface area contributed by atoms with Gasteiger partial charge in [0.15, 0.2) is 0 Å². The predicted molar refractivity (Wildman–Crippen MR) is 118 cm³/mol.